The van der Waals surface area contributed by atoms with Crippen LogP contribution in [0.2, 0.25) is 0 Å². The van der Waals surface area contributed by atoms with E-state index in [1.165, 1.54) is 16.7 Å². The van der Waals surface area contributed by atoms with Gasteiger partial charge in [-0.15, -0.1) is 0 Å². The Balaban J connectivity index is 1.78. The zero-order valence-corrected chi connectivity index (χ0v) is 11.8. The summed E-state index contributed by atoms with van der Waals surface area (Å²) in [5.74, 6) is 0. The normalized spacial score (nSPS) is 9.95. The minimum atomic E-state index is 0.687. The molecule has 2 nitrogen and oxygen atoms in total. The highest BCUT2D eigenvalue weighted by Crippen LogP contribution is 2.05. The first-order chi connectivity index (χ1) is 9.25. The SMILES string of the molecule is Cc1ccccc1CNC(=S)NCc1ccccc1. The van der Waals surface area contributed by atoms with E-state index >= 15 is 0 Å². The van der Waals surface area contributed by atoms with E-state index < -0.39 is 0 Å². The Morgan fingerprint density at radius 3 is 2.26 bits per heavy atom. The van der Waals surface area contributed by atoms with Crippen LogP contribution in [0.5, 0.6) is 0 Å². The lowest BCUT2D eigenvalue weighted by molar-refractivity contribution is 0.829. The third kappa shape index (κ3) is 4.38. The predicted molar refractivity (Wildman–Crippen MR) is 83.9 cm³/mol. The summed E-state index contributed by atoms with van der Waals surface area (Å²) in [4.78, 5) is 0. The average Bonchev–Trinajstić information content (AvgIpc) is 2.45. The quantitative estimate of drug-likeness (QED) is 0.835. The minimum absolute atomic E-state index is 0.687. The van der Waals surface area contributed by atoms with Crippen LogP contribution in [0.3, 0.4) is 0 Å². The van der Waals surface area contributed by atoms with Crippen LogP contribution in [0, 0.1) is 6.92 Å². The van der Waals surface area contributed by atoms with Gasteiger partial charge in [0.15, 0.2) is 5.11 Å². The number of aryl methyl sites for hydroxylation is 1. The summed E-state index contributed by atoms with van der Waals surface area (Å²) < 4.78 is 0. The van der Waals surface area contributed by atoms with E-state index in [2.05, 4.69) is 41.8 Å². The molecule has 0 aromatic heterocycles. The van der Waals surface area contributed by atoms with Gasteiger partial charge in [-0.3, -0.25) is 0 Å². The Labute approximate surface area is 119 Å². The molecule has 0 aliphatic heterocycles. The zero-order valence-electron chi connectivity index (χ0n) is 11.0. The standard InChI is InChI=1S/C16H18N2S/c1-13-7-5-6-10-15(13)12-18-16(19)17-11-14-8-3-2-4-9-14/h2-10H,11-12H2,1H3,(H2,17,18,19). The van der Waals surface area contributed by atoms with Crippen LogP contribution in [0.4, 0.5) is 0 Å². The first-order valence-corrected chi connectivity index (χ1v) is 6.76. The maximum Gasteiger partial charge on any atom is 0.166 e. The molecule has 0 unspecified atom stereocenters. The summed E-state index contributed by atoms with van der Waals surface area (Å²) in [7, 11) is 0. The Hall–Kier alpha value is -1.87. The van der Waals surface area contributed by atoms with Gasteiger partial charge in [-0.2, -0.15) is 0 Å². The zero-order chi connectivity index (χ0) is 13.5. The lowest BCUT2D eigenvalue weighted by atomic mass is 10.1. The van der Waals surface area contributed by atoms with Crippen LogP contribution < -0.4 is 10.6 Å². The van der Waals surface area contributed by atoms with Crippen molar-refractivity contribution in [1.29, 1.82) is 0 Å². The molecule has 0 saturated carbocycles. The molecule has 2 aromatic carbocycles. The van der Waals surface area contributed by atoms with Gasteiger partial charge in [0.1, 0.15) is 0 Å². The first kappa shape index (κ1) is 13.6. The number of rotatable bonds is 4. The van der Waals surface area contributed by atoms with Gasteiger partial charge in [0.25, 0.3) is 0 Å². The summed E-state index contributed by atoms with van der Waals surface area (Å²) in [6.45, 7) is 3.62. The highest BCUT2D eigenvalue weighted by Gasteiger charge is 1.99. The van der Waals surface area contributed by atoms with Crippen LogP contribution in [0.15, 0.2) is 54.6 Å². The summed E-state index contributed by atoms with van der Waals surface area (Å²) in [6.07, 6.45) is 0. The lowest BCUT2D eigenvalue weighted by Gasteiger charge is -2.11. The van der Waals surface area contributed by atoms with E-state index in [0.717, 1.165) is 13.1 Å². The third-order valence-electron chi connectivity index (χ3n) is 3.00. The third-order valence-corrected chi connectivity index (χ3v) is 3.29. The molecule has 0 amide bonds. The van der Waals surface area contributed by atoms with Gasteiger partial charge in [0.05, 0.1) is 0 Å². The molecule has 2 rings (SSSR count). The fraction of sp³-hybridized carbons (Fsp3) is 0.188. The monoisotopic (exact) mass is 270 g/mol. The van der Waals surface area contributed by atoms with Crippen molar-refractivity contribution in [3.63, 3.8) is 0 Å². The summed E-state index contributed by atoms with van der Waals surface area (Å²) in [5.41, 5.74) is 3.77. The van der Waals surface area contributed by atoms with Crippen molar-refractivity contribution in [1.82, 2.24) is 10.6 Å². The number of hydrogen-bond acceptors (Lipinski definition) is 1. The van der Waals surface area contributed by atoms with E-state index in [1.54, 1.807) is 0 Å². The van der Waals surface area contributed by atoms with Gasteiger partial charge in [-0.1, -0.05) is 54.6 Å². The van der Waals surface area contributed by atoms with E-state index in [-0.39, 0.29) is 0 Å². The number of thiocarbonyl (C=S) groups is 1. The van der Waals surface area contributed by atoms with E-state index in [1.807, 2.05) is 30.3 Å². The molecule has 0 atom stereocenters. The fourth-order valence-electron chi connectivity index (χ4n) is 1.82. The molecule has 0 fully saturated rings. The molecule has 98 valence electrons. The lowest BCUT2D eigenvalue weighted by Crippen LogP contribution is -2.34. The molecule has 3 heteroatoms. The smallest absolute Gasteiger partial charge is 0.166 e. The van der Waals surface area contributed by atoms with Crippen LogP contribution in [0.25, 0.3) is 0 Å². The maximum atomic E-state index is 5.27. The van der Waals surface area contributed by atoms with Gasteiger partial charge in [-0.25, -0.2) is 0 Å². The highest BCUT2D eigenvalue weighted by molar-refractivity contribution is 7.80. The first-order valence-electron chi connectivity index (χ1n) is 6.36. The summed E-state index contributed by atoms with van der Waals surface area (Å²) in [6, 6.07) is 18.5. The number of benzene rings is 2. The molecule has 0 spiro atoms. The molecule has 2 N–H and O–H groups in total. The van der Waals surface area contributed by atoms with E-state index in [9.17, 15) is 0 Å². The van der Waals surface area contributed by atoms with Crippen molar-refractivity contribution in [2.75, 3.05) is 0 Å². The topological polar surface area (TPSA) is 24.1 Å². The molecule has 0 aliphatic rings. The van der Waals surface area contributed by atoms with Crippen molar-refractivity contribution in [2.45, 2.75) is 20.0 Å². The van der Waals surface area contributed by atoms with Crippen molar-refractivity contribution in [3.8, 4) is 0 Å². The molecule has 0 radical (unpaired) electrons. The molecule has 0 bridgehead atoms. The highest BCUT2D eigenvalue weighted by atomic mass is 32.1. The van der Waals surface area contributed by atoms with Crippen molar-refractivity contribution >= 4 is 17.3 Å². The average molecular weight is 270 g/mol. The second-order valence-electron chi connectivity index (χ2n) is 4.45. The van der Waals surface area contributed by atoms with Crippen LogP contribution in [-0.4, -0.2) is 5.11 Å². The van der Waals surface area contributed by atoms with Crippen molar-refractivity contribution in [3.05, 3.63) is 71.3 Å². The van der Waals surface area contributed by atoms with Gasteiger partial charge in [-0.05, 0) is 35.8 Å². The Bertz CT molecular complexity index is 537. The second kappa shape index (κ2) is 6.90. The van der Waals surface area contributed by atoms with E-state index in [0.29, 0.717) is 5.11 Å². The molecule has 19 heavy (non-hydrogen) atoms. The van der Waals surface area contributed by atoms with Gasteiger partial charge in [0, 0.05) is 13.1 Å². The van der Waals surface area contributed by atoms with Crippen LogP contribution >= 0.6 is 12.2 Å². The number of nitrogens with one attached hydrogen (secondary N) is 2. The predicted octanol–water partition coefficient (Wildman–Crippen LogP) is 3.16. The van der Waals surface area contributed by atoms with Crippen LogP contribution in [-0.2, 0) is 13.1 Å². The molecule has 0 aliphatic carbocycles. The Morgan fingerprint density at radius 2 is 1.53 bits per heavy atom. The largest absolute Gasteiger partial charge is 0.359 e. The molecule has 0 heterocycles. The minimum Gasteiger partial charge on any atom is -0.359 e. The Kier molecular flexibility index (Phi) is 4.93. The second-order valence-corrected chi connectivity index (χ2v) is 4.86. The van der Waals surface area contributed by atoms with Crippen molar-refractivity contribution < 1.29 is 0 Å². The van der Waals surface area contributed by atoms with Gasteiger partial charge < -0.3 is 10.6 Å². The number of hydrogen-bond donors (Lipinski definition) is 2. The van der Waals surface area contributed by atoms with Gasteiger partial charge in [0.2, 0.25) is 0 Å². The summed E-state index contributed by atoms with van der Waals surface area (Å²) >= 11 is 5.27. The molecular weight excluding hydrogens is 252 g/mol. The van der Waals surface area contributed by atoms with E-state index in [4.69, 9.17) is 12.2 Å². The molecule has 0 saturated heterocycles. The van der Waals surface area contributed by atoms with Gasteiger partial charge >= 0.3 is 0 Å². The summed E-state index contributed by atoms with van der Waals surface area (Å²) in [5, 5.41) is 7.13. The molecular formula is C16H18N2S. The fourth-order valence-corrected chi connectivity index (χ4v) is 1.97. The Morgan fingerprint density at radius 1 is 0.895 bits per heavy atom. The van der Waals surface area contributed by atoms with Crippen LogP contribution in [0.1, 0.15) is 16.7 Å². The van der Waals surface area contributed by atoms with Crippen molar-refractivity contribution in [2.24, 2.45) is 0 Å². The maximum absolute atomic E-state index is 5.27. The molecule has 2 aromatic rings.